The number of hydrogen-bond acceptors (Lipinski definition) is 6. The van der Waals surface area contributed by atoms with Gasteiger partial charge in [-0.25, -0.2) is 14.6 Å². The average molecular weight is 324 g/mol. The molecule has 0 bridgehead atoms. The van der Waals surface area contributed by atoms with Gasteiger partial charge in [-0.2, -0.15) is 0 Å². The van der Waals surface area contributed by atoms with Crippen LogP contribution in [0.15, 0.2) is 30.6 Å². The molecule has 0 N–H and O–H groups in total. The molecule has 0 aliphatic carbocycles. The number of hydrogen-bond donors (Lipinski definition) is 0. The van der Waals surface area contributed by atoms with E-state index in [4.69, 9.17) is 4.74 Å². The summed E-state index contributed by atoms with van der Waals surface area (Å²) in [4.78, 5) is 10.9. The summed E-state index contributed by atoms with van der Waals surface area (Å²) in [6.45, 7) is 4.35. The van der Waals surface area contributed by atoms with Crippen molar-refractivity contribution in [3.8, 4) is 0 Å². The fourth-order valence-electron chi connectivity index (χ4n) is 3.08. The molecule has 4 rings (SSSR count). The average Bonchev–Trinajstić information content (AvgIpc) is 3.03. The van der Waals surface area contributed by atoms with Gasteiger partial charge >= 0.3 is 0 Å². The van der Waals surface area contributed by atoms with Gasteiger partial charge < -0.3 is 9.64 Å². The molecular formula is C17H20N6O. The van der Waals surface area contributed by atoms with Crippen LogP contribution in [0.25, 0.3) is 11.2 Å². The van der Waals surface area contributed by atoms with E-state index in [1.165, 1.54) is 11.1 Å². The highest BCUT2D eigenvalue weighted by Gasteiger charge is 2.25. The molecule has 24 heavy (non-hydrogen) atoms. The molecule has 1 aliphatic heterocycles. The Kier molecular flexibility index (Phi) is 3.86. The second kappa shape index (κ2) is 6.16. The van der Waals surface area contributed by atoms with Crippen molar-refractivity contribution in [2.75, 3.05) is 24.6 Å². The van der Waals surface area contributed by atoms with E-state index in [1.807, 2.05) is 7.05 Å². The molecule has 7 heteroatoms. The SMILES string of the molecule is CCc1ccc(C2CN(c3ncnc4c3nnn4C)CCO2)cc1. The lowest BCUT2D eigenvalue weighted by atomic mass is 10.0. The topological polar surface area (TPSA) is 69.0 Å². The van der Waals surface area contributed by atoms with Crippen molar-refractivity contribution >= 4 is 17.0 Å². The van der Waals surface area contributed by atoms with Crippen molar-refractivity contribution in [2.24, 2.45) is 7.05 Å². The molecule has 1 saturated heterocycles. The van der Waals surface area contributed by atoms with Crippen molar-refractivity contribution in [3.05, 3.63) is 41.7 Å². The molecule has 1 aromatic carbocycles. The largest absolute Gasteiger partial charge is 0.370 e. The van der Waals surface area contributed by atoms with Gasteiger partial charge in [-0.15, -0.1) is 5.10 Å². The number of aryl methyl sites for hydroxylation is 2. The molecule has 2 aromatic heterocycles. The number of benzene rings is 1. The molecule has 3 aromatic rings. The van der Waals surface area contributed by atoms with Crippen molar-refractivity contribution in [2.45, 2.75) is 19.4 Å². The van der Waals surface area contributed by atoms with E-state index in [1.54, 1.807) is 11.0 Å². The number of fused-ring (bicyclic) bond motifs is 1. The monoisotopic (exact) mass is 324 g/mol. The Hall–Kier alpha value is -2.54. The zero-order valence-corrected chi connectivity index (χ0v) is 13.9. The fraction of sp³-hybridized carbons (Fsp3) is 0.412. The van der Waals surface area contributed by atoms with Crippen molar-refractivity contribution in [1.29, 1.82) is 0 Å². The molecule has 0 saturated carbocycles. The summed E-state index contributed by atoms with van der Waals surface area (Å²) in [7, 11) is 1.84. The van der Waals surface area contributed by atoms with E-state index in [0.29, 0.717) is 6.61 Å². The highest BCUT2D eigenvalue weighted by atomic mass is 16.5. The molecule has 1 unspecified atom stereocenters. The van der Waals surface area contributed by atoms with Crippen molar-refractivity contribution in [1.82, 2.24) is 25.0 Å². The van der Waals surface area contributed by atoms with E-state index in [9.17, 15) is 0 Å². The van der Waals surface area contributed by atoms with Crippen LogP contribution in [-0.2, 0) is 18.2 Å². The van der Waals surface area contributed by atoms with Crippen LogP contribution in [0.1, 0.15) is 24.2 Å². The Balaban J connectivity index is 1.62. The van der Waals surface area contributed by atoms with Crippen LogP contribution in [-0.4, -0.2) is 44.7 Å². The molecule has 124 valence electrons. The predicted molar refractivity (Wildman–Crippen MR) is 90.8 cm³/mol. The summed E-state index contributed by atoms with van der Waals surface area (Å²) >= 11 is 0. The Morgan fingerprint density at radius 2 is 2.04 bits per heavy atom. The molecule has 1 aliphatic rings. The minimum Gasteiger partial charge on any atom is -0.370 e. The quantitative estimate of drug-likeness (QED) is 0.733. The van der Waals surface area contributed by atoms with Gasteiger partial charge in [0, 0.05) is 20.1 Å². The highest BCUT2D eigenvalue weighted by Crippen LogP contribution is 2.28. The maximum Gasteiger partial charge on any atom is 0.183 e. The first-order valence-corrected chi connectivity index (χ1v) is 8.22. The highest BCUT2D eigenvalue weighted by molar-refractivity contribution is 5.82. The lowest BCUT2D eigenvalue weighted by Crippen LogP contribution is -2.39. The Labute approximate surface area is 140 Å². The lowest BCUT2D eigenvalue weighted by Gasteiger charge is -2.33. The molecule has 0 amide bonds. The van der Waals surface area contributed by atoms with Crippen LogP contribution in [0.5, 0.6) is 0 Å². The molecule has 1 fully saturated rings. The third-order valence-corrected chi connectivity index (χ3v) is 4.49. The molecule has 7 nitrogen and oxygen atoms in total. The Bertz CT molecular complexity index is 844. The summed E-state index contributed by atoms with van der Waals surface area (Å²) in [5, 5.41) is 8.27. The first-order valence-electron chi connectivity index (χ1n) is 8.22. The van der Waals surface area contributed by atoms with Gasteiger partial charge in [0.25, 0.3) is 0 Å². The van der Waals surface area contributed by atoms with E-state index >= 15 is 0 Å². The van der Waals surface area contributed by atoms with Crippen LogP contribution in [0.4, 0.5) is 5.82 Å². The number of anilines is 1. The maximum absolute atomic E-state index is 5.98. The molecule has 0 radical (unpaired) electrons. The number of morpholine rings is 1. The summed E-state index contributed by atoms with van der Waals surface area (Å²) in [6, 6.07) is 8.65. The van der Waals surface area contributed by atoms with Crippen LogP contribution in [0, 0.1) is 0 Å². The van der Waals surface area contributed by atoms with E-state index < -0.39 is 0 Å². The molecule has 1 atom stereocenters. The van der Waals surface area contributed by atoms with Crippen LogP contribution in [0.3, 0.4) is 0 Å². The van der Waals surface area contributed by atoms with E-state index in [-0.39, 0.29) is 6.10 Å². The van der Waals surface area contributed by atoms with Crippen LogP contribution >= 0.6 is 0 Å². The van der Waals surface area contributed by atoms with Gasteiger partial charge in [-0.1, -0.05) is 36.4 Å². The van der Waals surface area contributed by atoms with Gasteiger partial charge in [-0.3, -0.25) is 0 Å². The second-order valence-electron chi connectivity index (χ2n) is 5.98. The van der Waals surface area contributed by atoms with Gasteiger partial charge in [-0.05, 0) is 17.5 Å². The first kappa shape index (κ1) is 15.0. The second-order valence-corrected chi connectivity index (χ2v) is 5.98. The summed E-state index contributed by atoms with van der Waals surface area (Å²) in [5.74, 6) is 0.826. The number of aromatic nitrogens is 5. The lowest BCUT2D eigenvalue weighted by molar-refractivity contribution is 0.0396. The number of rotatable bonds is 3. The van der Waals surface area contributed by atoms with Gasteiger partial charge in [0.1, 0.15) is 12.4 Å². The predicted octanol–water partition coefficient (Wildman–Crippen LogP) is 1.90. The van der Waals surface area contributed by atoms with Gasteiger partial charge in [0.05, 0.1) is 6.61 Å². The molecular weight excluding hydrogens is 304 g/mol. The Morgan fingerprint density at radius 1 is 1.21 bits per heavy atom. The van der Waals surface area contributed by atoms with Crippen molar-refractivity contribution in [3.63, 3.8) is 0 Å². The van der Waals surface area contributed by atoms with Gasteiger partial charge in [0.15, 0.2) is 17.0 Å². The third-order valence-electron chi connectivity index (χ3n) is 4.49. The maximum atomic E-state index is 5.98. The third kappa shape index (κ3) is 2.60. The van der Waals surface area contributed by atoms with Crippen LogP contribution < -0.4 is 4.90 Å². The molecule has 3 heterocycles. The van der Waals surface area contributed by atoms with Crippen LogP contribution in [0.2, 0.25) is 0 Å². The number of nitrogens with zero attached hydrogens (tertiary/aromatic N) is 6. The first-order chi connectivity index (χ1) is 11.8. The summed E-state index contributed by atoms with van der Waals surface area (Å²) < 4.78 is 7.65. The van der Waals surface area contributed by atoms with E-state index in [2.05, 4.69) is 56.4 Å². The normalized spacial score (nSPS) is 18.2. The zero-order valence-electron chi connectivity index (χ0n) is 13.9. The zero-order chi connectivity index (χ0) is 16.5. The minimum atomic E-state index is 0.0337. The fourth-order valence-corrected chi connectivity index (χ4v) is 3.08. The minimum absolute atomic E-state index is 0.0337. The van der Waals surface area contributed by atoms with Crippen molar-refractivity contribution < 1.29 is 4.74 Å². The Morgan fingerprint density at radius 3 is 2.83 bits per heavy atom. The van der Waals surface area contributed by atoms with E-state index in [0.717, 1.165) is 36.5 Å². The summed E-state index contributed by atoms with van der Waals surface area (Å²) in [6.07, 6.45) is 2.65. The van der Waals surface area contributed by atoms with Gasteiger partial charge in [0.2, 0.25) is 0 Å². The number of ether oxygens (including phenoxy) is 1. The molecule has 0 spiro atoms. The standard InChI is InChI=1S/C17H20N6O/c1-3-12-4-6-13(7-5-12)14-10-23(8-9-24-14)17-15-16(18-11-19-17)22(2)21-20-15/h4-7,11,14H,3,8-10H2,1-2H3. The smallest absolute Gasteiger partial charge is 0.183 e. The summed E-state index contributed by atoms with van der Waals surface area (Å²) in [5.41, 5.74) is 4.02.